The van der Waals surface area contributed by atoms with E-state index >= 15 is 0 Å². The third-order valence-electron chi connectivity index (χ3n) is 4.06. The van der Waals surface area contributed by atoms with E-state index in [0.717, 1.165) is 18.6 Å². The van der Waals surface area contributed by atoms with E-state index in [9.17, 15) is 4.79 Å². The number of ether oxygens (including phenoxy) is 1. The van der Waals surface area contributed by atoms with Gasteiger partial charge in [0.05, 0.1) is 0 Å². The molecule has 0 spiro atoms. The molecule has 2 aromatic rings. The number of hydrogen-bond donors (Lipinski definition) is 0. The minimum atomic E-state index is -0.464. The molecule has 3 rings (SSSR count). The molecule has 0 aromatic heterocycles. The average molecular weight is 280 g/mol. The van der Waals surface area contributed by atoms with Crippen LogP contribution in [0.4, 0.5) is 0 Å². The standard InChI is InChI=1S/C19H20O2/c1-14(19(20)16-8-3-2-4-9-16)21-18-12-11-15-7-5-6-10-17(15)13-18/h2-4,8-9,11-14H,5-7,10H2,1H3. The summed E-state index contributed by atoms with van der Waals surface area (Å²) in [6, 6.07) is 15.5. The van der Waals surface area contributed by atoms with Crippen LogP contribution < -0.4 is 4.74 Å². The second-order valence-electron chi connectivity index (χ2n) is 5.63. The Hall–Kier alpha value is -2.09. The first-order chi connectivity index (χ1) is 10.2. The molecule has 2 aromatic carbocycles. The van der Waals surface area contributed by atoms with Crippen LogP contribution in [0.15, 0.2) is 48.5 Å². The molecule has 0 aliphatic heterocycles. The van der Waals surface area contributed by atoms with Crippen LogP contribution in [-0.4, -0.2) is 11.9 Å². The predicted molar refractivity (Wildman–Crippen MR) is 83.9 cm³/mol. The Kier molecular flexibility index (Phi) is 4.05. The van der Waals surface area contributed by atoms with Crippen LogP contribution in [0.2, 0.25) is 0 Å². The van der Waals surface area contributed by atoms with E-state index < -0.39 is 6.10 Å². The van der Waals surface area contributed by atoms with Crippen molar-refractivity contribution in [1.82, 2.24) is 0 Å². The molecule has 1 unspecified atom stereocenters. The van der Waals surface area contributed by atoms with Crippen molar-refractivity contribution in [3.05, 3.63) is 65.2 Å². The molecule has 21 heavy (non-hydrogen) atoms. The molecule has 0 saturated carbocycles. The fraction of sp³-hybridized carbons (Fsp3) is 0.316. The van der Waals surface area contributed by atoms with Gasteiger partial charge in [0.25, 0.3) is 0 Å². The first-order valence-corrected chi connectivity index (χ1v) is 7.62. The van der Waals surface area contributed by atoms with Gasteiger partial charge < -0.3 is 4.74 Å². The molecular formula is C19H20O2. The SMILES string of the molecule is CC(Oc1ccc2c(c1)CCCC2)C(=O)c1ccccc1. The van der Waals surface area contributed by atoms with Gasteiger partial charge in [0.2, 0.25) is 5.78 Å². The van der Waals surface area contributed by atoms with Crippen LogP contribution in [0.25, 0.3) is 0 Å². The van der Waals surface area contributed by atoms with Gasteiger partial charge in [-0.3, -0.25) is 4.79 Å². The number of rotatable bonds is 4. The fourth-order valence-corrected chi connectivity index (χ4v) is 2.88. The van der Waals surface area contributed by atoms with E-state index in [0.29, 0.717) is 5.56 Å². The molecule has 0 bridgehead atoms. The van der Waals surface area contributed by atoms with Gasteiger partial charge in [-0.05, 0) is 55.9 Å². The fourth-order valence-electron chi connectivity index (χ4n) is 2.88. The molecule has 0 amide bonds. The van der Waals surface area contributed by atoms with Gasteiger partial charge in [-0.15, -0.1) is 0 Å². The molecule has 0 heterocycles. The maximum atomic E-state index is 12.3. The van der Waals surface area contributed by atoms with Crippen molar-refractivity contribution in [2.75, 3.05) is 0 Å². The van der Waals surface area contributed by atoms with Gasteiger partial charge in [0.1, 0.15) is 5.75 Å². The second kappa shape index (κ2) is 6.13. The highest BCUT2D eigenvalue weighted by molar-refractivity contribution is 5.99. The first kappa shape index (κ1) is 13.9. The molecular weight excluding hydrogens is 260 g/mol. The van der Waals surface area contributed by atoms with Gasteiger partial charge in [-0.25, -0.2) is 0 Å². The van der Waals surface area contributed by atoms with Crippen molar-refractivity contribution in [2.24, 2.45) is 0 Å². The molecule has 0 radical (unpaired) electrons. The Morgan fingerprint density at radius 2 is 1.71 bits per heavy atom. The van der Waals surface area contributed by atoms with Crippen LogP contribution >= 0.6 is 0 Å². The summed E-state index contributed by atoms with van der Waals surface area (Å²) in [5, 5.41) is 0. The third kappa shape index (κ3) is 3.15. The number of Topliss-reactive ketones (excluding diaryl/α,β-unsaturated/α-hetero) is 1. The van der Waals surface area contributed by atoms with Crippen molar-refractivity contribution in [2.45, 2.75) is 38.7 Å². The van der Waals surface area contributed by atoms with E-state index in [4.69, 9.17) is 4.74 Å². The van der Waals surface area contributed by atoms with Crippen LogP contribution in [0.5, 0.6) is 5.75 Å². The number of fused-ring (bicyclic) bond motifs is 1. The summed E-state index contributed by atoms with van der Waals surface area (Å²) in [4.78, 5) is 12.3. The number of carbonyl (C=O) groups excluding carboxylic acids is 1. The predicted octanol–water partition coefficient (Wildman–Crippen LogP) is 4.22. The smallest absolute Gasteiger partial charge is 0.202 e. The number of carbonyl (C=O) groups is 1. The van der Waals surface area contributed by atoms with Gasteiger partial charge in [-0.2, -0.15) is 0 Å². The summed E-state index contributed by atoms with van der Waals surface area (Å²) < 4.78 is 5.85. The number of aryl methyl sites for hydroxylation is 2. The van der Waals surface area contributed by atoms with Gasteiger partial charge in [0.15, 0.2) is 6.10 Å². The summed E-state index contributed by atoms with van der Waals surface area (Å²) in [7, 11) is 0. The Balaban J connectivity index is 1.73. The van der Waals surface area contributed by atoms with Crippen LogP contribution in [-0.2, 0) is 12.8 Å². The van der Waals surface area contributed by atoms with Crippen molar-refractivity contribution in [3.8, 4) is 5.75 Å². The highest BCUT2D eigenvalue weighted by Crippen LogP contribution is 2.26. The summed E-state index contributed by atoms with van der Waals surface area (Å²) in [5.74, 6) is 0.820. The van der Waals surface area contributed by atoms with Crippen LogP contribution in [0.1, 0.15) is 41.3 Å². The lowest BCUT2D eigenvalue weighted by Crippen LogP contribution is -2.24. The Morgan fingerprint density at radius 1 is 1.00 bits per heavy atom. The van der Waals surface area contributed by atoms with Gasteiger partial charge in [0, 0.05) is 5.56 Å². The Bertz CT molecular complexity index is 631. The second-order valence-corrected chi connectivity index (χ2v) is 5.63. The molecule has 2 nitrogen and oxygen atoms in total. The van der Waals surface area contributed by atoms with E-state index in [2.05, 4.69) is 12.1 Å². The van der Waals surface area contributed by atoms with Crippen molar-refractivity contribution in [1.29, 1.82) is 0 Å². The molecule has 2 heteroatoms. The Morgan fingerprint density at radius 3 is 2.48 bits per heavy atom. The minimum absolute atomic E-state index is 0.0216. The summed E-state index contributed by atoms with van der Waals surface area (Å²) >= 11 is 0. The van der Waals surface area contributed by atoms with Crippen LogP contribution in [0, 0.1) is 0 Å². The third-order valence-corrected chi connectivity index (χ3v) is 4.06. The van der Waals surface area contributed by atoms with E-state index in [1.165, 1.54) is 24.0 Å². The first-order valence-electron chi connectivity index (χ1n) is 7.62. The van der Waals surface area contributed by atoms with E-state index in [1.807, 2.05) is 43.3 Å². The Labute approximate surface area is 125 Å². The topological polar surface area (TPSA) is 26.3 Å². The quantitative estimate of drug-likeness (QED) is 0.784. The maximum Gasteiger partial charge on any atom is 0.202 e. The zero-order valence-corrected chi connectivity index (χ0v) is 12.3. The van der Waals surface area contributed by atoms with Crippen molar-refractivity contribution in [3.63, 3.8) is 0 Å². The van der Waals surface area contributed by atoms with E-state index in [-0.39, 0.29) is 5.78 Å². The average Bonchev–Trinajstić information content (AvgIpc) is 2.55. The van der Waals surface area contributed by atoms with Crippen molar-refractivity contribution >= 4 is 5.78 Å². The molecule has 1 aliphatic rings. The zero-order chi connectivity index (χ0) is 14.7. The lowest BCUT2D eigenvalue weighted by molar-refractivity contribution is 0.0818. The highest BCUT2D eigenvalue weighted by atomic mass is 16.5. The summed E-state index contributed by atoms with van der Waals surface area (Å²) in [6.07, 6.45) is 4.33. The lowest BCUT2D eigenvalue weighted by atomic mass is 9.92. The van der Waals surface area contributed by atoms with Crippen LogP contribution in [0.3, 0.4) is 0 Å². The highest BCUT2D eigenvalue weighted by Gasteiger charge is 2.17. The summed E-state index contributed by atoms with van der Waals surface area (Å²) in [5.41, 5.74) is 3.50. The monoisotopic (exact) mass is 280 g/mol. The lowest BCUT2D eigenvalue weighted by Gasteiger charge is -2.19. The van der Waals surface area contributed by atoms with Gasteiger partial charge in [-0.1, -0.05) is 36.4 Å². The normalized spacial score (nSPS) is 15.1. The molecule has 1 aliphatic carbocycles. The number of hydrogen-bond acceptors (Lipinski definition) is 2. The van der Waals surface area contributed by atoms with E-state index in [1.54, 1.807) is 0 Å². The number of ketones is 1. The maximum absolute atomic E-state index is 12.3. The number of benzene rings is 2. The minimum Gasteiger partial charge on any atom is -0.483 e. The molecule has 0 N–H and O–H groups in total. The molecule has 0 saturated heterocycles. The van der Waals surface area contributed by atoms with Crippen molar-refractivity contribution < 1.29 is 9.53 Å². The largest absolute Gasteiger partial charge is 0.483 e. The van der Waals surface area contributed by atoms with Gasteiger partial charge >= 0.3 is 0 Å². The zero-order valence-electron chi connectivity index (χ0n) is 12.3. The molecule has 1 atom stereocenters. The molecule has 108 valence electrons. The molecule has 0 fully saturated rings. The summed E-state index contributed by atoms with van der Waals surface area (Å²) in [6.45, 7) is 1.81.